The quantitative estimate of drug-likeness (QED) is 0.576. The maximum absolute atomic E-state index is 11.4. The van der Waals surface area contributed by atoms with E-state index in [0.717, 1.165) is 11.3 Å². The highest BCUT2D eigenvalue weighted by Gasteiger charge is 2.12. The first-order valence-electron chi connectivity index (χ1n) is 6.96. The second-order valence-corrected chi connectivity index (χ2v) is 5.60. The third-order valence-electron chi connectivity index (χ3n) is 2.91. The van der Waals surface area contributed by atoms with Gasteiger partial charge in [-0.15, -0.1) is 10.2 Å². The van der Waals surface area contributed by atoms with Gasteiger partial charge in [0.15, 0.2) is 11.0 Å². The summed E-state index contributed by atoms with van der Waals surface area (Å²) in [6.45, 7) is 4.51. The first-order chi connectivity index (χ1) is 10.6. The highest BCUT2D eigenvalue weighted by atomic mass is 32.2. The Labute approximate surface area is 133 Å². The van der Waals surface area contributed by atoms with Crippen molar-refractivity contribution in [2.24, 2.45) is 7.05 Å². The van der Waals surface area contributed by atoms with Crippen molar-refractivity contribution in [2.45, 2.75) is 25.6 Å². The van der Waals surface area contributed by atoms with Crippen molar-refractivity contribution in [2.75, 3.05) is 12.4 Å². The molecule has 2 rings (SSSR count). The van der Waals surface area contributed by atoms with Crippen LogP contribution in [0.1, 0.15) is 18.3 Å². The van der Waals surface area contributed by atoms with Gasteiger partial charge in [0.1, 0.15) is 12.4 Å². The Bertz CT molecular complexity index is 643. The Hall–Kier alpha value is -2.02. The van der Waals surface area contributed by atoms with Crippen LogP contribution in [0.15, 0.2) is 29.4 Å². The van der Waals surface area contributed by atoms with Gasteiger partial charge in [-0.2, -0.15) is 0 Å². The number of nitrogens with zero attached hydrogens (tertiary/aromatic N) is 3. The van der Waals surface area contributed by atoms with E-state index >= 15 is 0 Å². The van der Waals surface area contributed by atoms with Crippen LogP contribution in [0.2, 0.25) is 0 Å². The molecule has 0 bridgehead atoms. The molecule has 0 fully saturated rings. The number of ether oxygens (including phenoxy) is 2. The van der Waals surface area contributed by atoms with Crippen LogP contribution < -0.4 is 4.74 Å². The maximum Gasteiger partial charge on any atom is 0.316 e. The SMILES string of the molecule is CCOC(=O)CSc1nnc(COc2cccc(C)c2)n1C. The molecule has 0 aliphatic heterocycles. The number of benzene rings is 1. The Morgan fingerprint density at radius 3 is 2.91 bits per heavy atom. The van der Waals surface area contributed by atoms with E-state index < -0.39 is 0 Å². The van der Waals surface area contributed by atoms with E-state index in [9.17, 15) is 4.79 Å². The van der Waals surface area contributed by atoms with Crippen LogP contribution >= 0.6 is 11.8 Å². The van der Waals surface area contributed by atoms with Crippen molar-refractivity contribution in [3.8, 4) is 5.75 Å². The zero-order valence-corrected chi connectivity index (χ0v) is 13.7. The molecule has 1 aromatic carbocycles. The molecule has 22 heavy (non-hydrogen) atoms. The number of esters is 1. The Balaban J connectivity index is 1.91. The molecule has 0 amide bonds. The summed E-state index contributed by atoms with van der Waals surface area (Å²) < 4.78 is 12.4. The molecule has 0 N–H and O–H groups in total. The molecule has 0 radical (unpaired) electrons. The van der Waals surface area contributed by atoms with Crippen LogP contribution in [0.25, 0.3) is 0 Å². The largest absolute Gasteiger partial charge is 0.486 e. The number of thioether (sulfide) groups is 1. The lowest BCUT2D eigenvalue weighted by Crippen LogP contribution is -2.08. The van der Waals surface area contributed by atoms with E-state index in [4.69, 9.17) is 9.47 Å². The highest BCUT2D eigenvalue weighted by molar-refractivity contribution is 7.99. The zero-order chi connectivity index (χ0) is 15.9. The van der Waals surface area contributed by atoms with Crippen molar-refractivity contribution in [1.29, 1.82) is 0 Å². The van der Waals surface area contributed by atoms with E-state index in [2.05, 4.69) is 10.2 Å². The fourth-order valence-electron chi connectivity index (χ4n) is 1.78. The van der Waals surface area contributed by atoms with E-state index in [1.165, 1.54) is 11.8 Å². The van der Waals surface area contributed by atoms with Gasteiger partial charge in [-0.05, 0) is 31.5 Å². The first-order valence-corrected chi connectivity index (χ1v) is 7.95. The van der Waals surface area contributed by atoms with Gasteiger partial charge in [0.25, 0.3) is 0 Å². The van der Waals surface area contributed by atoms with Gasteiger partial charge in [-0.3, -0.25) is 4.79 Å². The summed E-state index contributed by atoms with van der Waals surface area (Å²) in [5, 5.41) is 8.82. The predicted molar refractivity (Wildman–Crippen MR) is 83.9 cm³/mol. The van der Waals surface area contributed by atoms with Crippen LogP contribution in [0.3, 0.4) is 0 Å². The fraction of sp³-hybridized carbons (Fsp3) is 0.400. The summed E-state index contributed by atoms with van der Waals surface area (Å²) in [5.41, 5.74) is 1.14. The van der Waals surface area contributed by atoms with E-state index in [-0.39, 0.29) is 11.7 Å². The molecule has 0 saturated heterocycles. The summed E-state index contributed by atoms with van der Waals surface area (Å²) >= 11 is 1.30. The number of carbonyl (C=O) groups is 1. The van der Waals surface area contributed by atoms with Gasteiger partial charge in [0, 0.05) is 7.05 Å². The lowest BCUT2D eigenvalue weighted by atomic mass is 10.2. The number of aryl methyl sites for hydroxylation is 1. The van der Waals surface area contributed by atoms with Crippen molar-refractivity contribution < 1.29 is 14.3 Å². The molecule has 0 aliphatic carbocycles. The third kappa shape index (κ3) is 4.49. The minimum absolute atomic E-state index is 0.221. The summed E-state index contributed by atoms with van der Waals surface area (Å²) in [6.07, 6.45) is 0. The smallest absolute Gasteiger partial charge is 0.316 e. The molecule has 1 heterocycles. The molecule has 0 spiro atoms. The topological polar surface area (TPSA) is 66.2 Å². The van der Waals surface area contributed by atoms with Crippen LogP contribution in [0.5, 0.6) is 5.75 Å². The molecular weight excluding hydrogens is 302 g/mol. The van der Waals surface area contributed by atoms with Crippen molar-refractivity contribution in [1.82, 2.24) is 14.8 Å². The molecule has 118 valence electrons. The van der Waals surface area contributed by atoms with Crippen LogP contribution in [-0.4, -0.2) is 33.1 Å². The Kier molecular flexibility index (Phi) is 5.83. The number of rotatable bonds is 7. The number of hydrogen-bond donors (Lipinski definition) is 0. The van der Waals surface area contributed by atoms with Gasteiger partial charge >= 0.3 is 5.97 Å². The lowest BCUT2D eigenvalue weighted by Gasteiger charge is -2.07. The summed E-state index contributed by atoms with van der Waals surface area (Å²) in [4.78, 5) is 11.4. The van der Waals surface area contributed by atoms with E-state index in [1.54, 1.807) is 6.92 Å². The number of aromatic nitrogens is 3. The Morgan fingerprint density at radius 1 is 1.36 bits per heavy atom. The van der Waals surface area contributed by atoms with Gasteiger partial charge in [0.05, 0.1) is 12.4 Å². The molecule has 0 aliphatic rings. The van der Waals surface area contributed by atoms with Crippen molar-refractivity contribution in [3.05, 3.63) is 35.7 Å². The second-order valence-electron chi connectivity index (χ2n) is 4.66. The van der Waals surface area contributed by atoms with Gasteiger partial charge < -0.3 is 14.0 Å². The summed E-state index contributed by atoms with van der Waals surface area (Å²) in [7, 11) is 1.85. The van der Waals surface area contributed by atoms with Crippen molar-refractivity contribution in [3.63, 3.8) is 0 Å². The second kappa shape index (κ2) is 7.84. The van der Waals surface area contributed by atoms with E-state index in [1.807, 2.05) is 42.8 Å². The fourth-order valence-corrected chi connectivity index (χ4v) is 2.50. The molecule has 6 nitrogen and oxygen atoms in total. The Morgan fingerprint density at radius 2 is 2.18 bits per heavy atom. The molecule has 0 unspecified atom stereocenters. The van der Waals surface area contributed by atoms with Crippen molar-refractivity contribution >= 4 is 17.7 Å². The number of hydrogen-bond acceptors (Lipinski definition) is 6. The lowest BCUT2D eigenvalue weighted by molar-refractivity contribution is -0.139. The summed E-state index contributed by atoms with van der Waals surface area (Å²) in [6, 6.07) is 7.83. The number of carbonyl (C=O) groups excluding carboxylic acids is 1. The molecular formula is C15H19N3O3S. The molecule has 7 heteroatoms. The van der Waals surface area contributed by atoms with Gasteiger partial charge in [-0.25, -0.2) is 0 Å². The summed E-state index contributed by atoms with van der Waals surface area (Å²) in [5.74, 6) is 1.46. The minimum Gasteiger partial charge on any atom is -0.486 e. The predicted octanol–water partition coefficient (Wildman–Crippen LogP) is 2.36. The van der Waals surface area contributed by atoms with E-state index in [0.29, 0.717) is 24.2 Å². The molecule has 2 aromatic rings. The van der Waals surface area contributed by atoms with Gasteiger partial charge in [-0.1, -0.05) is 23.9 Å². The first kappa shape index (κ1) is 16.4. The van der Waals surface area contributed by atoms with Crippen LogP contribution in [0, 0.1) is 6.92 Å². The van der Waals surface area contributed by atoms with Crippen LogP contribution in [0.4, 0.5) is 0 Å². The zero-order valence-electron chi connectivity index (χ0n) is 12.9. The van der Waals surface area contributed by atoms with Crippen LogP contribution in [-0.2, 0) is 23.2 Å². The third-order valence-corrected chi connectivity index (χ3v) is 3.90. The standard InChI is InChI=1S/C15H19N3O3S/c1-4-20-14(19)10-22-15-17-16-13(18(15)3)9-21-12-7-5-6-11(2)8-12/h5-8H,4,9-10H2,1-3H3. The monoisotopic (exact) mass is 321 g/mol. The normalized spacial score (nSPS) is 10.5. The maximum atomic E-state index is 11.4. The minimum atomic E-state index is -0.256. The molecule has 0 saturated carbocycles. The highest BCUT2D eigenvalue weighted by Crippen LogP contribution is 2.18. The molecule has 1 aromatic heterocycles. The average molecular weight is 321 g/mol. The average Bonchev–Trinajstić information content (AvgIpc) is 2.84. The van der Waals surface area contributed by atoms with Gasteiger partial charge in [0.2, 0.25) is 0 Å². The molecule has 0 atom stereocenters.